The van der Waals surface area contributed by atoms with Crippen LogP contribution in [0.4, 0.5) is 15.8 Å². The molecule has 0 spiro atoms. The Morgan fingerprint density at radius 3 is 2.84 bits per heavy atom. The maximum absolute atomic E-state index is 12.8. The second kappa shape index (κ2) is 5.47. The zero-order valence-electron chi connectivity index (χ0n) is 11.0. The standard InChI is InChI=1S/C14H19FN2O2/c1-2-19-13(18)10-3-4-11(16)12(7-10)17-9-14(8-15)5-6-14/h3-4,7,17H,2,5-6,8-9,16H2,1H3. The number of hydrogen-bond donors (Lipinski definition) is 2. The van der Waals surface area contributed by atoms with Gasteiger partial charge in [-0.3, -0.25) is 4.39 Å². The highest BCUT2D eigenvalue weighted by Gasteiger charge is 2.42. The van der Waals surface area contributed by atoms with Gasteiger partial charge in [-0.05, 0) is 38.0 Å². The zero-order valence-corrected chi connectivity index (χ0v) is 11.0. The van der Waals surface area contributed by atoms with Crippen molar-refractivity contribution < 1.29 is 13.9 Å². The lowest BCUT2D eigenvalue weighted by molar-refractivity contribution is 0.0526. The van der Waals surface area contributed by atoms with Gasteiger partial charge in [-0.1, -0.05) is 0 Å². The molecule has 2 rings (SSSR count). The number of carbonyl (C=O) groups is 1. The number of ether oxygens (including phenoxy) is 1. The normalized spacial score (nSPS) is 15.9. The molecule has 0 aliphatic heterocycles. The van der Waals surface area contributed by atoms with Crippen molar-refractivity contribution >= 4 is 17.3 Å². The van der Waals surface area contributed by atoms with E-state index < -0.39 is 0 Å². The highest BCUT2D eigenvalue weighted by atomic mass is 19.1. The number of benzene rings is 1. The van der Waals surface area contributed by atoms with E-state index in [1.54, 1.807) is 25.1 Å². The number of nitrogens with two attached hydrogens (primary N) is 1. The van der Waals surface area contributed by atoms with Crippen LogP contribution in [0.5, 0.6) is 0 Å². The summed E-state index contributed by atoms with van der Waals surface area (Å²) in [4.78, 5) is 11.6. The average Bonchev–Trinajstić information content (AvgIpc) is 3.19. The fraction of sp³-hybridized carbons (Fsp3) is 0.500. The van der Waals surface area contributed by atoms with Gasteiger partial charge < -0.3 is 15.8 Å². The van der Waals surface area contributed by atoms with E-state index in [0.29, 0.717) is 30.1 Å². The van der Waals surface area contributed by atoms with Crippen LogP contribution in [0.25, 0.3) is 0 Å². The van der Waals surface area contributed by atoms with Crippen LogP contribution in [0.2, 0.25) is 0 Å². The summed E-state index contributed by atoms with van der Waals surface area (Å²) < 4.78 is 17.7. The van der Waals surface area contributed by atoms with Crippen molar-refractivity contribution in [3.63, 3.8) is 0 Å². The van der Waals surface area contributed by atoms with Gasteiger partial charge in [0.15, 0.2) is 0 Å². The van der Waals surface area contributed by atoms with E-state index in [1.165, 1.54) is 0 Å². The van der Waals surface area contributed by atoms with Gasteiger partial charge in [0.05, 0.1) is 30.2 Å². The summed E-state index contributed by atoms with van der Waals surface area (Å²) in [6, 6.07) is 4.94. The molecule has 0 radical (unpaired) electrons. The topological polar surface area (TPSA) is 64.3 Å². The van der Waals surface area contributed by atoms with Crippen LogP contribution in [0.3, 0.4) is 0 Å². The number of nitrogens with one attached hydrogen (secondary N) is 1. The van der Waals surface area contributed by atoms with Crippen molar-refractivity contribution in [2.45, 2.75) is 19.8 Å². The van der Waals surface area contributed by atoms with Crippen LogP contribution >= 0.6 is 0 Å². The molecular weight excluding hydrogens is 247 g/mol. The van der Waals surface area contributed by atoms with Crippen molar-refractivity contribution in [3.05, 3.63) is 23.8 Å². The van der Waals surface area contributed by atoms with Crippen LogP contribution < -0.4 is 11.1 Å². The molecule has 0 unspecified atom stereocenters. The molecule has 5 heteroatoms. The fourth-order valence-electron chi connectivity index (χ4n) is 1.87. The second-order valence-corrected chi connectivity index (χ2v) is 5.01. The van der Waals surface area contributed by atoms with Gasteiger partial charge in [0.2, 0.25) is 0 Å². The van der Waals surface area contributed by atoms with E-state index in [9.17, 15) is 9.18 Å². The third-order valence-corrected chi connectivity index (χ3v) is 3.46. The largest absolute Gasteiger partial charge is 0.462 e. The first-order chi connectivity index (χ1) is 9.10. The van der Waals surface area contributed by atoms with Crippen molar-refractivity contribution in [1.29, 1.82) is 0 Å². The number of anilines is 2. The van der Waals surface area contributed by atoms with E-state index in [-0.39, 0.29) is 18.1 Å². The molecule has 0 aromatic heterocycles. The first-order valence-electron chi connectivity index (χ1n) is 6.47. The molecule has 1 aliphatic carbocycles. The average molecular weight is 266 g/mol. The van der Waals surface area contributed by atoms with E-state index >= 15 is 0 Å². The third kappa shape index (κ3) is 3.16. The van der Waals surface area contributed by atoms with Crippen molar-refractivity contribution in [2.75, 3.05) is 30.9 Å². The lowest BCUT2D eigenvalue weighted by Gasteiger charge is -2.15. The minimum atomic E-state index is -0.378. The lowest BCUT2D eigenvalue weighted by Crippen LogP contribution is -2.18. The molecule has 1 aromatic carbocycles. The first kappa shape index (κ1) is 13.6. The summed E-state index contributed by atoms with van der Waals surface area (Å²) in [5.74, 6) is -0.378. The first-order valence-corrected chi connectivity index (χ1v) is 6.47. The molecule has 3 N–H and O–H groups in total. The van der Waals surface area contributed by atoms with E-state index in [0.717, 1.165) is 12.8 Å². The zero-order chi connectivity index (χ0) is 13.9. The molecule has 0 atom stereocenters. The van der Waals surface area contributed by atoms with Crippen LogP contribution in [-0.2, 0) is 4.74 Å². The predicted molar refractivity (Wildman–Crippen MR) is 72.9 cm³/mol. The van der Waals surface area contributed by atoms with Crippen molar-refractivity contribution in [3.8, 4) is 0 Å². The number of nitrogen functional groups attached to an aromatic ring is 1. The number of hydrogen-bond acceptors (Lipinski definition) is 4. The third-order valence-electron chi connectivity index (χ3n) is 3.46. The molecule has 4 nitrogen and oxygen atoms in total. The minimum Gasteiger partial charge on any atom is -0.462 e. The Hall–Kier alpha value is -1.78. The monoisotopic (exact) mass is 266 g/mol. The van der Waals surface area contributed by atoms with Gasteiger partial charge in [-0.2, -0.15) is 0 Å². The van der Waals surface area contributed by atoms with Gasteiger partial charge in [0.25, 0.3) is 0 Å². The number of alkyl halides is 1. The van der Waals surface area contributed by atoms with Crippen LogP contribution in [0.15, 0.2) is 18.2 Å². The van der Waals surface area contributed by atoms with E-state index in [1.807, 2.05) is 0 Å². The second-order valence-electron chi connectivity index (χ2n) is 5.01. The summed E-state index contributed by atoms with van der Waals surface area (Å²) in [6.45, 7) is 2.31. The maximum atomic E-state index is 12.8. The smallest absolute Gasteiger partial charge is 0.338 e. The molecule has 1 fully saturated rings. The Morgan fingerprint density at radius 1 is 1.53 bits per heavy atom. The summed E-state index contributed by atoms with van der Waals surface area (Å²) >= 11 is 0. The Bertz CT molecular complexity index is 473. The molecule has 104 valence electrons. The van der Waals surface area contributed by atoms with Gasteiger partial charge in [0, 0.05) is 12.0 Å². The van der Waals surface area contributed by atoms with Crippen LogP contribution in [0, 0.1) is 5.41 Å². The molecule has 1 aliphatic rings. The Morgan fingerprint density at radius 2 is 2.26 bits per heavy atom. The number of halogens is 1. The fourth-order valence-corrected chi connectivity index (χ4v) is 1.87. The molecular formula is C14H19FN2O2. The molecule has 19 heavy (non-hydrogen) atoms. The lowest BCUT2D eigenvalue weighted by atomic mass is 10.1. The van der Waals surface area contributed by atoms with Gasteiger partial charge in [-0.15, -0.1) is 0 Å². The van der Waals surface area contributed by atoms with Gasteiger partial charge in [-0.25, -0.2) is 4.79 Å². The number of rotatable bonds is 6. The summed E-state index contributed by atoms with van der Waals surface area (Å²) in [7, 11) is 0. The van der Waals surface area contributed by atoms with Crippen LogP contribution in [-0.4, -0.2) is 25.8 Å². The Labute approximate surface area is 112 Å². The number of esters is 1. The molecule has 0 heterocycles. The maximum Gasteiger partial charge on any atom is 0.338 e. The molecule has 0 amide bonds. The van der Waals surface area contributed by atoms with E-state index in [2.05, 4.69) is 5.32 Å². The van der Waals surface area contributed by atoms with Gasteiger partial charge >= 0.3 is 5.97 Å². The quantitative estimate of drug-likeness (QED) is 0.613. The SMILES string of the molecule is CCOC(=O)c1ccc(N)c(NCC2(CF)CC2)c1. The predicted octanol–water partition coefficient (Wildman–Crippen LogP) is 2.61. The van der Waals surface area contributed by atoms with Crippen LogP contribution in [0.1, 0.15) is 30.1 Å². The Balaban J connectivity index is 2.06. The highest BCUT2D eigenvalue weighted by molar-refractivity contribution is 5.92. The van der Waals surface area contributed by atoms with Gasteiger partial charge in [0.1, 0.15) is 0 Å². The molecule has 1 saturated carbocycles. The molecule has 0 bridgehead atoms. The molecule has 1 aromatic rings. The van der Waals surface area contributed by atoms with E-state index in [4.69, 9.17) is 10.5 Å². The molecule has 0 saturated heterocycles. The van der Waals surface area contributed by atoms with Crippen molar-refractivity contribution in [1.82, 2.24) is 0 Å². The minimum absolute atomic E-state index is 0.230. The highest BCUT2D eigenvalue weighted by Crippen LogP contribution is 2.46. The van der Waals surface area contributed by atoms with Crippen molar-refractivity contribution in [2.24, 2.45) is 5.41 Å². The Kier molecular flexibility index (Phi) is 3.93. The summed E-state index contributed by atoms with van der Waals surface area (Å²) in [5, 5.41) is 3.13. The summed E-state index contributed by atoms with van der Waals surface area (Å²) in [6.07, 6.45) is 1.79. The number of carbonyl (C=O) groups excluding carboxylic acids is 1. The summed E-state index contributed by atoms with van der Waals surface area (Å²) in [5.41, 5.74) is 7.27.